The van der Waals surface area contributed by atoms with E-state index in [1.165, 1.54) is 0 Å². The predicted molar refractivity (Wildman–Crippen MR) is 74.1 cm³/mol. The van der Waals surface area contributed by atoms with Gasteiger partial charge in [0.2, 0.25) is 0 Å². The number of hydrogen-bond donors (Lipinski definition) is 0. The first-order chi connectivity index (χ1) is 9.27. The molecule has 0 spiro atoms. The van der Waals surface area contributed by atoms with Gasteiger partial charge in [0, 0.05) is 12.6 Å². The molecule has 1 fully saturated rings. The highest BCUT2D eigenvalue weighted by molar-refractivity contribution is 6.29. The molecule has 1 saturated carbocycles. The number of anilines is 1. The second-order valence-electron chi connectivity index (χ2n) is 5.64. The second kappa shape index (κ2) is 5.80. The number of hydrogen-bond acceptors (Lipinski definition) is 2. The molecule has 6 heteroatoms. The summed E-state index contributed by atoms with van der Waals surface area (Å²) in [7, 11) is 0. The fourth-order valence-corrected chi connectivity index (χ4v) is 2.27. The van der Waals surface area contributed by atoms with Crippen LogP contribution in [0.3, 0.4) is 0 Å². The summed E-state index contributed by atoms with van der Waals surface area (Å²) >= 11 is 5.75. The van der Waals surface area contributed by atoms with E-state index in [1.54, 1.807) is 0 Å². The van der Waals surface area contributed by atoms with Crippen LogP contribution in [0.2, 0.25) is 5.15 Å². The van der Waals surface area contributed by atoms with Crippen molar-refractivity contribution in [2.75, 3.05) is 11.4 Å². The van der Waals surface area contributed by atoms with Crippen LogP contribution >= 0.6 is 11.6 Å². The Bertz CT molecular complexity index is 470. The Labute approximate surface area is 121 Å². The van der Waals surface area contributed by atoms with E-state index in [4.69, 9.17) is 11.6 Å². The maximum atomic E-state index is 12.8. The van der Waals surface area contributed by atoms with Crippen molar-refractivity contribution in [2.45, 2.75) is 45.3 Å². The van der Waals surface area contributed by atoms with Gasteiger partial charge in [-0.2, -0.15) is 13.2 Å². The molecule has 2 nitrogen and oxygen atoms in total. The number of aromatic nitrogens is 1. The van der Waals surface area contributed by atoms with Crippen LogP contribution in [0.1, 0.15) is 38.7 Å². The van der Waals surface area contributed by atoms with Crippen LogP contribution in [0, 0.1) is 5.92 Å². The van der Waals surface area contributed by atoms with E-state index in [0.717, 1.165) is 31.4 Å². The van der Waals surface area contributed by atoms with Crippen LogP contribution in [-0.2, 0) is 6.18 Å². The fourth-order valence-electron chi connectivity index (χ4n) is 2.06. The largest absolute Gasteiger partial charge is 0.416 e. The van der Waals surface area contributed by atoms with Crippen molar-refractivity contribution in [3.05, 3.63) is 22.8 Å². The number of nitrogens with zero attached hydrogens (tertiary/aromatic N) is 2. The van der Waals surface area contributed by atoms with Crippen LogP contribution < -0.4 is 4.90 Å². The first-order valence-corrected chi connectivity index (χ1v) is 7.16. The molecule has 0 unspecified atom stereocenters. The average molecular weight is 307 g/mol. The third-order valence-corrected chi connectivity index (χ3v) is 3.53. The van der Waals surface area contributed by atoms with Crippen molar-refractivity contribution < 1.29 is 13.2 Å². The third kappa shape index (κ3) is 4.01. The predicted octanol–water partition coefficient (Wildman–Crippen LogP) is 4.77. The normalized spacial score (nSPS) is 15.8. The van der Waals surface area contributed by atoms with Crippen LogP contribution in [0.5, 0.6) is 0 Å². The maximum absolute atomic E-state index is 12.8. The summed E-state index contributed by atoms with van der Waals surface area (Å²) in [6.07, 6.45) is -1.46. The molecule has 0 aliphatic heterocycles. The Balaban J connectivity index is 2.26. The van der Waals surface area contributed by atoms with Crippen molar-refractivity contribution in [2.24, 2.45) is 5.92 Å². The smallest absolute Gasteiger partial charge is 0.354 e. The van der Waals surface area contributed by atoms with Crippen molar-refractivity contribution in [3.63, 3.8) is 0 Å². The summed E-state index contributed by atoms with van der Waals surface area (Å²) in [5.74, 6) is 0.838. The topological polar surface area (TPSA) is 16.1 Å². The molecule has 0 radical (unpaired) electrons. The molecule has 0 aromatic carbocycles. The van der Waals surface area contributed by atoms with Gasteiger partial charge in [0.25, 0.3) is 0 Å². The number of halogens is 4. The molecule has 0 N–H and O–H groups in total. The zero-order valence-electron chi connectivity index (χ0n) is 11.5. The van der Waals surface area contributed by atoms with Crippen molar-refractivity contribution in [1.82, 2.24) is 4.98 Å². The number of alkyl halides is 3. The monoisotopic (exact) mass is 306 g/mol. The van der Waals surface area contributed by atoms with Gasteiger partial charge in [-0.1, -0.05) is 25.4 Å². The highest BCUT2D eigenvalue weighted by atomic mass is 35.5. The highest BCUT2D eigenvalue weighted by Gasteiger charge is 2.34. The van der Waals surface area contributed by atoms with Crippen molar-refractivity contribution in [1.29, 1.82) is 0 Å². The lowest BCUT2D eigenvalue weighted by Gasteiger charge is -2.25. The first kappa shape index (κ1) is 15.4. The molecule has 0 bridgehead atoms. The van der Waals surface area contributed by atoms with E-state index in [-0.39, 0.29) is 5.15 Å². The molecule has 2 rings (SSSR count). The van der Waals surface area contributed by atoms with E-state index in [0.29, 0.717) is 24.3 Å². The molecule has 1 aliphatic carbocycles. The number of pyridine rings is 1. The average Bonchev–Trinajstić information content (AvgIpc) is 3.11. The highest BCUT2D eigenvalue weighted by Crippen LogP contribution is 2.36. The van der Waals surface area contributed by atoms with Gasteiger partial charge in [0.1, 0.15) is 11.0 Å². The Hall–Kier alpha value is -0.970. The summed E-state index contributed by atoms with van der Waals surface area (Å²) in [6.45, 7) is 4.90. The summed E-state index contributed by atoms with van der Waals surface area (Å²) in [4.78, 5) is 6.04. The summed E-state index contributed by atoms with van der Waals surface area (Å²) in [6, 6.07) is 2.28. The van der Waals surface area contributed by atoms with Gasteiger partial charge >= 0.3 is 6.18 Å². The Morgan fingerprint density at radius 1 is 1.35 bits per heavy atom. The van der Waals surface area contributed by atoms with Crippen LogP contribution in [0.4, 0.5) is 19.0 Å². The quantitative estimate of drug-likeness (QED) is 0.729. The fraction of sp³-hybridized carbons (Fsp3) is 0.643. The van der Waals surface area contributed by atoms with E-state index < -0.39 is 11.7 Å². The third-order valence-electron chi connectivity index (χ3n) is 3.34. The van der Waals surface area contributed by atoms with Gasteiger partial charge in [0.05, 0.1) is 5.56 Å². The van der Waals surface area contributed by atoms with Crippen LogP contribution in [0.25, 0.3) is 0 Å². The molecular weight excluding hydrogens is 289 g/mol. The van der Waals surface area contributed by atoms with Gasteiger partial charge in [0.15, 0.2) is 0 Å². The first-order valence-electron chi connectivity index (χ1n) is 6.79. The summed E-state index contributed by atoms with van der Waals surface area (Å²) in [5.41, 5.74) is -0.734. The van der Waals surface area contributed by atoms with E-state index in [1.807, 2.05) is 4.90 Å². The summed E-state index contributed by atoms with van der Waals surface area (Å²) in [5, 5.41) is -0.106. The number of rotatable bonds is 5. The molecule has 0 amide bonds. The molecule has 1 heterocycles. The molecule has 0 saturated heterocycles. The SMILES string of the molecule is CC(C)CCN(c1cc(C(F)(F)F)cc(Cl)n1)C1CC1. The standard InChI is InChI=1S/C14H18ClF3N2/c1-9(2)5-6-20(11-3-4-11)13-8-10(14(16,17)18)7-12(15)19-13/h7-9,11H,3-6H2,1-2H3. The van der Waals surface area contributed by atoms with Gasteiger partial charge in [-0.3, -0.25) is 0 Å². The van der Waals surface area contributed by atoms with E-state index in [9.17, 15) is 13.2 Å². The molecular formula is C14H18ClF3N2. The van der Waals surface area contributed by atoms with Crippen LogP contribution in [-0.4, -0.2) is 17.6 Å². The molecule has 112 valence electrons. The zero-order chi connectivity index (χ0) is 14.9. The molecule has 20 heavy (non-hydrogen) atoms. The lowest BCUT2D eigenvalue weighted by atomic mass is 10.1. The minimum Gasteiger partial charge on any atom is -0.354 e. The minimum atomic E-state index is -4.39. The summed E-state index contributed by atoms with van der Waals surface area (Å²) < 4.78 is 38.5. The van der Waals surface area contributed by atoms with Crippen LogP contribution in [0.15, 0.2) is 12.1 Å². The Morgan fingerprint density at radius 2 is 2.00 bits per heavy atom. The van der Waals surface area contributed by atoms with Crippen molar-refractivity contribution in [3.8, 4) is 0 Å². The molecule has 1 aromatic heterocycles. The Kier molecular flexibility index (Phi) is 4.47. The zero-order valence-corrected chi connectivity index (χ0v) is 12.3. The molecule has 1 aromatic rings. The van der Waals surface area contributed by atoms with Gasteiger partial charge < -0.3 is 4.90 Å². The minimum absolute atomic E-state index is 0.106. The molecule has 0 atom stereocenters. The Morgan fingerprint density at radius 3 is 2.50 bits per heavy atom. The van der Waals surface area contributed by atoms with Gasteiger partial charge in [-0.25, -0.2) is 4.98 Å². The second-order valence-corrected chi connectivity index (χ2v) is 6.03. The van der Waals surface area contributed by atoms with E-state index in [2.05, 4.69) is 18.8 Å². The van der Waals surface area contributed by atoms with Crippen molar-refractivity contribution >= 4 is 17.4 Å². The lowest BCUT2D eigenvalue weighted by molar-refractivity contribution is -0.137. The van der Waals surface area contributed by atoms with E-state index >= 15 is 0 Å². The lowest BCUT2D eigenvalue weighted by Crippen LogP contribution is -2.29. The molecule has 1 aliphatic rings. The van der Waals surface area contributed by atoms with Gasteiger partial charge in [-0.05, 0) is 37.3 Å². The maximum Gasteiger partial charge on any atom is 0.416 e. The van der Waals surface area contributed by atoms with Gasteiger partial charge in [-0.15, -0.1) is 0 Å².